The van der Waals surface area contributed by atoms with Crippen molar-refractivity contribution in [3.63, 3.8) is 0 Å². The van der Waals surface area contributed by atoms with E-state index in [1.54, 1.807) is 0 Å². The summed E-state index contributed by atoms with van der Waals surface area (Å²) in [7, 11) is 0. The molecule has 2 nitrogen and oxygen atoms in total. The van der Waals surface area contributed by atoms with Gasteiger partial charge in [-0.3, -0.25) is 4.79 Å². The van der Waals surface area contributed by atoms with Gasteiger partial charge in [0.1, 0.15) is 5.78 Å². The average Bonchev–Trinajstić information content (AvgIpc) is 2.30. The zero-order valence-electron chi connectivity index (χ0n) is 10.4. The number of hydrogen-bond donors (Lipinski definition) is 0. The van der Waals surface area contributed by atoms with Gasteiger partial charge in [0.05, 0.1) is 0 Å². The quantitative estimate of drug-likeness (QED) is 0.717. The molecule has 0 N–H and O–H groups in total. The number of rotatable bonds is 2. The van der Waals surface area contributed by atoms with Crippen molar-refractivity contribution in [3.8, 4) is 0 Å². The van der Waals surface area contributed by atoms with Gasteiger partial charge in [-0.2, -0.15) is 0 Å². The Morgan fingerprint density at radius 3 is 2.44 bits per heavy atom. The highest BCUT2D eigenvalue weighted by atomic mass is 16.1. The van der Waals surface area contributed by atoms with Crippen LogP contribution >= 0.6 is 0 Å². The van der Waals surface area contributed by atoms with Gasteiger partial charge >= 0.3 is 0 Å². The van der Waals surface area contributed by atoms with Crippen molar-refractivity contribution in [2.75, 3.05) is 19.6 Å². The fourth-order valence-electron chi connectivity index (χ4n) is 3.06. The summed E-state index contributed by atoms with van der Waals surface area (Å²) in [6.07, 6.45) is 11.1. The Bertz CT molecular complexity index is 221. The van der Waals surface area contributed by atoms with Crippen molar-refractivity contribution < 1.29 is 4.79 Å². The summed E-state index contributed by atoms with van der Waals surface area (Å²) >= 11 is 0. The molecule has 0 aromatic carbocycles. The maximum Gasteiger partial charge on any atom is 0.137 e. The summed E-state index contributed by atoms with van der Waals surface area (Å²) in [6, 6.07) is 0. The summed E-state index contributed by atoms with van der Waals surface area (Å²) in [4.78, 5) is 14.5. The highest BCUT2D eigenvalue weighted by molar-refractivity contribution is 5.81. The fraction of sp³-hybridized carbons (Fsp3) is 0.929. The number of hydrogen-bond acceptors (Lipinski definition) is 2. The first kappa shape index (κ1) is 12.1. The number of likely N-dealkylation sites (tertiary alicyclic amines) is 1. The van der Waals surface area contributed by atoms with Gasteiger partial charge in [0.15, 0.2) is 0 Å². The van der Waals surface area contributed by atoms with Gasteiger partial charge in [0.25, 0.3) is 0 Å². The molecule has 2 fully saturated rings. The lowest BCUT2D eigenvalue weighted by atomic mass is 9.89. The molecule has 0 aromatic rings. The summed E-state index contributed by atoms with van der Waals surface area (Å²) in [6.45, 7) is 3.51. The van der Waals surface area contributed by atoms with Crippen LogP contribution in [0.25, 0.3) is 0 Å². The van der Waals surface area contributed by atoms with Crippen molar-refractivity contribution in [2.24, 2.45) is 5.92 Å². The van der Waals surface area contributed by atoms with E-state index in [-0.39, 0.29) is 0 Å². The molecule has 2 aliphatic rings. The van der Waals surface area contributed by atoms with E-state index in [4.69, 9.17) is 0 Å². The Kier molecular flexibility index (Phi) is 4.83. The van der Waals surface area contributed by atoms with Crippen LogP contribution in [0.4, 0.5) is 0 Å². The molecular formula is C14H25NO. The van der Waals surface area contributed by atoms with Crippen LogP contribution in [0.2, 0.25) is 0 Å². The molecule has 1 unspecified atom stereocenters. The molecule has 1 aliphatic heterocycles. The van der Waals surface area contributed by atoms with E-state index in [2.05, 4.69) is 4.90 Å². The van der Waals surface area contributed by atoms with Crippen LogP contribution in [-0.4, -0.2) is 30.3 Å². The summed E-state index contributed by atoms with van der Waals surface area (Å²) < 4.78 is 0. The molecule has 0 amide bonds. The fourth-order valence-corrected chi connectivity index (χ4v) is 3.06. The summed E-state index contributed by atoms with van der Waals surface area (Å²) in [5.41, 5.74) is 0. The van der Waals surface area contributed by atoms with Crippen molar-refractivity contribution in [2.45, 2.75) is 57.8 Å². The number of piperidine rings is 1. The summed E-state index contributed by atoms with van der Waals surface area (Å²) in [5.74, 6) is 0.906. The van der Waals surface area contributed by atoms with Gasteiger partial charge in [-0.25, -0.2) is 0 Å². The van der Waals surface area contributed by atoms with E-state index in [0.717, 1.165) is 25.8 Å². The first-order chi connectivity index (χ1) is 7.86. The van der Waals surface area contributed by atoms with E-state index >= 15 is 0 Å². The second-order valence-corrected chi connectivity index (χ2v) is 5.48. The average molecular weight is 223 g/mol. The number of carbonyl (C=O) groups excluding carboxylic acids is 1. The third kappa shape index (κ3) is 3.58. The third-order valence-corrected chi connectivity index (χ3v) is 4.11. The van der Waals surface area contributed by atoms with E-state index in [1.165, 1.54) is 51.6 Å². The Morgan fingerprint density at radius 2 is 1.62 bits per heavy atom. The maximum absolute atomic E-state index is 12.0. The molecule has 1 atom stereocenters. The SMILES string of the molecule is O=C1CCCCCCC1CN1CCCCC1. The van der Waals surface area contributed by atoms with Crippen LogP contribution in [0.1, 0.15) is 57.8 Å². The third-order valence-electron chi connectivity index (χ3n) is 4.11. The van der Waals surface area contributed by atoms with E-state index in [1.807, 2.05) is 0 Å². The Balaban J connectivity index is 1.82. The Hall–Kier alpha value is -0.370. The molecule has 2 heteroatoms. The Labute approximate surface area is 99.4 Å². The molecule has 1 saturated carbocycles. The molecule has 0 aromatic heterocycles. The second-order valence-electron chi connectivity index (χ2n) is 5.48. The molecule has 92 valence electrons. The lowest BCUT2D eigenvalue weighted by molar-refractivity contribution is -0.124. The first-order valence-corrected chi connectivity index (χ1v) is 7.11. The first-order valence-electron chi connectivity index (χ1n) is 7.11. The molecular weight excluding hydrogens is 198 g/mol. The second kappa shape index (κ2) is 6.39. The predicted octanol–water partition coefficient (Wildman–Crippen LogP) is 3.01. The van der Waals surface area contributed by atoms with E-state index in [9.17, 15) is 4.79 Å². The van der Waals surface area contributed by atoms with Gasteiger partial charge < -0.3 is 4.90 Å². The zero-order chi connectivity index (χ0) is 11.2. The molecule has 0 radical (unpaired) electrons. The van der Waals surface area contributed by atoms with E-state index in [0.29, 0.717) is 11.7 Å². The minimum atomic E-state index is 0.360. The van der Waals surface area contributed by atoms with Crippen LogP contribution in [0, 0.1) is 5.92 Å². The smallest absolute Gasteiger partial charge is 0.137 e. The summed E-state index contributed by atoms with van der Waals surface area (Å²) in [5, 5.41) is 0. The van der Waals surface area contributed by atoms with Gasteiger partial charge in [-0.15, -0.1) is 0 Å². The van der Waals surface area contributed by atoms with Gasteiger partial charge in [-0.05, 0) is 38.8 Å². The lowest BCUT2D eigenvalue weighted by Gasteiger charge is -2.30. The number of Topliss-reactive ketones (excluding diaryl/α,β-unsaturated/α-hetero) is 1. The van der Waals surface area contributed by atoms with Crippen molar-refractivity contribution in [1.82, 2.24) is 4.90 Å². The highest BCUT2D eigenvalue weighted by Crippen LogP contribution is 2.21. The minimum Gasteiger partial charge on any atom is -0.303 e. The molecule has 1 aliphatic carbocycles. The number of carbonyl (C=O) groups is 1. The minimum absolute atomic E-state index is 0.360. The van der Waals surface area contributed by atoms with Gasteiger partial charge in [-0.1, -0.05) is 25.7 Å². The van der Waals surface area contributed by atoms with Crippen molar-refractivity contribution >= 4 is 5.78 Å². The van der Waals surface area contributed by atoms with Crippen LogP contribution in [0.15, 0.2) is 0 Å². The van der Waals surface area contributed by atoms with Crippen LogP contribution < -0.4 is 0 Å². The number of nitrogens with zero attached hydrogens (tertiary/aromatic N) is 1. The monoisotopic (exact) mass is 223 g/mol. The van der Waals surface area contributed by atoms with Gasteiger partial charge in [0, 0.05) is 18.9 Å². The maximum atomic E-state index is 12.0. The van der Waals surface area contributed by atoms with Crippen LogP contribution in [0.5, 0.6) is 0 Å². The van der Waals surface area contributed by atoms with Crippen molar-refractivity contribution in [1.29, 1.82) is 0 Å². The predicted molar refractivity (Wildman–Crippen MR) is 66.5 cm³/mol. The Morgan fingerprint density at radius 1 is 0.938 bits per heavy atom. The molecule has 0 bridgehead atoms. The van der Waals surface area contributed by atoms with Gasteiger partial charge in [0.2, 0.25) is 0 Å². The van der Waals surface area contributed by atoms with E-state index < -0.39 is 0 Å². The zero-order valence-corrected chi connectivity index (χ0v) is 10.4. The normalized spacial score (nSPS) is 29.8. The van der Waals surface area contributed by atoms with Crippen LogP contribution in [-0.2, 0) is 4.79 Å². The standard InChI is InChI=1S/C14H25NO/c16-14-9-5-2-1-4-8-13(14)12-15-10-6-3-7-11-15/h13H,1-12H2. The molecule has 2 rings (SSSR count). The largest absolute Gasteiger partial charge is 0.303 e. The van der Waals surface area contributed by atoms with Crippen molar-refractivity contribution in [3.05, 3.63) is 0 Å². The topological polar surface area (TPSA) is 20.3 Å². The lowest BCUT2D eigenvalue weighted by Crippen LogP contribution is -2.37. The molecule has 1 saturated heterocycles. The molecule has 16 heavy (non-hydrogen) atoms. The highest BCUT2D eigenvalue weighted by Gasteiger charge is 2.23. The molecule has 1 heterocycles. The molecule has 0 spiro atoms. The van der Waals surface area contributed by atoms with Crippen LogP contribution in [0.3, 0.4) is 0 Å². The number of ketones is 1.